The summed E-state index contributed by atoms with van der Waals surface area (Å²) in [6, 6.07) is 12.8. The number of methoxy groups -OCH3 is 1. The molecule has 0 amide bonds. The first-order valence-corrected chi connectivity index (χ1v) is 13.2. The summed E-state index contributed by atoms with van der Waals surface area (Å²) in [5.41, 5.74) is 5.68. The Kier molecular flexibility index (Phi) is 7.62. The highest BCUT2D eigenvalue weighted by Gasteiger charge is 2.34. The Labute approximate surface area is 215 Å². The minimum atomic E-state index is -0.189. The molecule has 0 spiro atoms. The summed E-state index contributed by atoms with van der Waals surface area (Å²) in [5, 5.41) is 3.60. The molecule has 1 aliphatic rings. The number of carbonyl (C=O) groups is 1. The number of hydrogen-bond donors (Lipinski definition) is 1. The van der Waals surface area contributed by atoms with Gasteiger partial charge in [-0.3, -0.25) is 4.79 Å². The number of nitrogens with one attached hydrogen (secondary N) is 1. The summed E-state index contributed by atoms with van der Waals surface area (Å²) in [5.74, 6) is 2.18. The number of imidazole rings is 1. The van der Waals surface area contributed by atoms with Gasteiger partial charge >= 0.3 is 5.97 Å². The van der Waals surface area contributed by atoms with Crippen molar-refractivity contribution >= 4 is 28.6 Å². The standard InChI is InChI=1S/C30H41N3O3/c1-19(2)36-25-11-9-23(10-12-25)31-29-32-26-16-22(8-13-28(34)35-7)21(4)15-27(26)33(29)24-14-20(3)17-30(5,6)18-24/h9-12,15-16,19-20,24H,8,13-14,17-18H2,1-7H3,(H,31,32)/t20-,24-/m1/s1. The third kappa shape index (κ3) is 6.03. The number of anilines is 2. The number of aromatic nitrogens is 2. The van der Waals surface area contributed by atoms with Gasteiger partial charge in [0.05, 0.1) is 24.2 Å². The first kappa shape index (κ1) is 26.1. The van der Waals surface area contributed by atoms with Crippen molar-refractivity contribution in [3.63, 3.8) is 0 Å². The molecule has 36 heavy (non-hydrogen) atoms. The highest BCUT2D eigenvalue weighted by Crippen LogP contribution is 2.46. The van der Waals surface area contributed by atoms with Gasteiger partial charge in [-0.1, -0.05) is 20.8 Å². The number of benzene rings is 2. The summed E-state index contributed by atoms with van der Waals surface area (Å²) in [6.07, 6.45) is 4.65. The Bertz CT molecular complexity index is 1210. The van der Waals surface area contributed by atoms with Gasteiger partial charge in [-0.15, -0.1) is 0 Å². The van der Waals surface area contributed by atoms with E-state index in [0.29, 0.717) is 24.8 Å². The van der Waals surface area contributed by atoms with Gasteiger partial charge in [-0.25, -0.2) is 4.98 Å². The zero-order chi connectivity index (χ0) is 26.0. The SMILES string of the molecule is COC(=O)CCc1cc2nc(Nc3ccc(OC(C)C)cc3)n([C@@H]3C[C@@H](C)CC(C)(C)C3)c2cc1C. The van der Waals surface area contributed by atoms with Gasteiger partial charge < -0.3 is 19.4 Å². The summed E-state index contributed by atoms with van der Waals surface area (Å²) in [4.78, 5) is 16.8. The number of fused-ring (bicyclic) bond motifs is 1. The van der Waals surface area contributed by atoms with E-state index in [4.69, 9.17) is 14.5 Å². The number of ether oxygens (including phenoxy) is 2. The lowest BCUT2D eigenvalue weighted by Crippen LogP contribution is -2.29. The van der Waals surface area contributed by atoms with Crippen LogP contribution in [-0.4, -0.2) is 28.7 Å². The van der Waals surface area contributed by atoms with Crippen LogP contribution in [0.3, 0.4) is 0 Å². The molecule has 1 heterocycles. The molecular weight excluding hydrogens is 450 g/mol. The van der Waals surface area contributed by atoms with Gasteiger partial charge in [-0.05, 0) is 105 Å². The Hall–Kier alpha value is -3.02. The molecule has 0 unspecified atom stereocenters. The van der Waals surface area contributed by atoms with Gasteiger partial charge in [0, 0.05) is 18.2 Å². The first-order valence-electron chi connectivity index (χ1n) is 13.2. The molecular formula is C30H41N3O3. The summed E-state index contributed by atoms with van der Waals surface area (Å²) >= 11 is 0. The maximum atomic E-state index is 11.7. The Balaban J connectivity index is 1.73. The lowest BCUT2D eigenvalue weighted by molar-refractivity contribution is -0.140. The second-order valence-corrected chi connectivity index (χ2v) is 11.5. The molecule has 194 valence electrons. The van der Waals surface area contributed by atoms with Crippen LogP contribution in [0.1, 0.15) is 77.5 Å². The Morgan fingerprint density at radius 1 is 1.19 bits per heavy atom. The molecule has 1 N–H and O–H groups in total. The third-order valence-corrected chi connectivity index (χ3v) is 7.18. The second kappa shape index (κ2) is 10.5. The molecule has 1 aliphatic carbocycles. The van der Waals surface area contributed by atoms with E-state index in [1.54, 1.807) is 0 Å². The van der Waals surface area contributed by atoms with Crippen LogP contribution in [0.15, 0.2) is 36.4 Å². The molecule has 1 aromatic heterocycles. The monoisotopic (exact) mass is 491 g/mol. The maximum Gasteiger partial charge on any atom is 0.305 e. The van der Waals surface area contributed by atoms with Crippen molar-refractivity contribution in [2.45, 2.75) is 85.8 Å². The van der Waals surface area contributed by atoms with Crippen molar-refractivity contribution < 1.29 is 14.3 Å². The molecule has 6 nitrogen and oxygen atoms in total. The van der Waals surface area contributed by atoms with E-state index in [9.17, 15) is 4.79 Å². The number of rotatable bonds is 8. The Morgan fingerprint density at radius 2 is 1.92 bits per heavy atom. The minimum Gasteiger partial charge on any atom is -0.491 e. The van der Waals surface area contributed by atoms with Crippen molar-refractivity contribution in [1.29, 1.82) is 0 Å². The van der Waals surface area contributed by atoms with Crippen LogP contribution >= 0.6 is 0 Å². The van der Waals surface area contributed by atoms with Crippen molar-refractivity contribution in [1.82, 2.24) is 9.55 Å². The maximum absolute atomic E-state index is 11.7. The number of aryl methyl sites for hydroxylation is 2. The van der Waals surface area contributed by atoms with E-state index in [1.807, 2.05) is 38.1 Å². The van der Waals surface area contributed by atoms with Crippen molar-refractivity contribution in [3.05, 3.63) is 47.5 Å². The fraction of sp³-hybridized carbons (Fsp3) is 0.533. The van der Waals surface area contributed by atoms with Crippen molar-refractivity contribution in [3.8, 4) is 5.75 Å². The van der Waals surface area contributed by atoms with E-state index < -0.39 is 0 Å². The molecule has 6 heteroatoms. The fourth-order valence-corrected chi connectivity index (χ4v) is 5.87. The zero-order valence-electron chi connectivity index (χ0n) is 22.9. The summed E-state index contributed by atoms with van der Waals surface area (Å²) < 4.78 is 13.1. The molecule has 0 radical (unpaired) electrons. The molecule has 0 aliphatic heterocycles. The van der Waals surface area contributed by atoms with Crippen LogP contribution in [0.5, 0.6) is 5.75 Å². The van der Waals surface area contributed by atoms with Gasteiger partial charge in [0.1, 0.15) is 5.75 Å². The molecule has 0 bridgehead atoms. The van der Waals surface area contributed by atoms with Crippen molar-refractivity contribution in [2.75, 3.05) is 12.4 Å². The molecule has 2 aromatic carbocycles. The van der Waals surface area contributed by atoms with E-state index in [1.165, 1.54) is 19.1 Å². The number of hydrogen-bond acceptors (Lipinski definition) is 5. The van der Waals surface area contributed by atoms with E-state index >= 15 is 0 Å². The minimum absolute atomic E-state index is 0.140. The van der Waals surface area contributed by atoms with E-state index in [-0.39, 0.29) is 17.5 Å². The molecule has 0 saturated heterocycles. The lowest BCUT2D eigenvalue weighted by Gasteiger charge is -2.40. The average molecular weight is 492 g/mol. The normalized spacial score (nSPS) is 19.4. The quantitative estimate of drug-likeness (QED) is 0.333. The van der Waals surface area contributed by atoms with Crippen LogP contribution in [0.25, 0.3) is 11.0 Å². The van der Waals surface area contributed by atoms with Crippen LogP contribution < -0.4 is 10.1 Å². The van der Waals surface area contributed by atoms with Crippen molar-refractivity contribution in [2.24, 2.45) is 11.3 Å². The molecule has 1 fully saturated rings. The number of esters is 1. The fourth-order valence-electron chi connectivity index (χ4n) is 5.87. The summed E-state index contributed by atoms with van der Waals surface area (Å²) in [7, 11) is 1.44. The number of carbonyl (C=O) groups excluding carboxylic acids is 1. The highest BCUT2D eigenvalue weighted by atomic mass is 16.5. The highest BCUT2D eigenvalue weighted by molar-refractivity contribution is 5.82. The molecule has 4 rings (SSSR count). The Morgan fingerprint density at radius 3 is 2.56 bits per heavy atom. The predicted molar refractivity (Wildman–Crippen MR) is 146 cm³/mol. The van der Waals surface area contributed by atoms with Crippen LogP contribution in [-0.2, 0) is 16.0 Å². The van der Waals surface area contributed by atoms with Gasteiger partial charge in [-0.2, -0.15) is 0 Å². The third-order valence-electron chi connectivity index (χ3n) is 7.18. The molecule has 1 saturated carbocycles. The van der Waals surface area contributed by atoms with Crippen LogP contribution in [0, 0.1) is 18.3 Å². The summed E-state index contributed by atoms with van der Waals surface area (Å²) in [6.45, 7) is 13.3. The predicted octanol–water partition coefficient (Wildman–Crippen LogP) is 7.37. The van der Waals surface area contributed by atoms with Gasteiger partial charge in [0.15, 0.2) is 0 Å². The van der Waals surface area contributed by atoms with Gasteiger partial charge in [0.2, 0.25) is 5.95 Å². The van der Waals surface area contributed by atoms with Gasteiger partial charge in [0.25, 0.3) is 0 Å². The van der Waals surface area contributed by atoms with Crippen LogP contribution in [0.2, 0.25) is 0 Å². The largest absolute Gasteiger partial charge is 0.491 e. The average Bonchev–Trinajstić information content (AvgIpc) is 3.13. The smallest absolute Gasteiger partial charge is 0.305 e. The van der Waals surface area contributed by atoms with Crippen LogP contribution in [0.4, 0.5) is 11.6 Å². The first-order chi connectivity index (χ1) is 17.0. The molecule has 2 atom stereocenters. The topological polar surface area (TPSA) is 65.4 Å². The second-order valence-electron chi connectivity index (χ2n) is 11.5. The van der Waals surface area contributed by atoms with E-state index in [2.05, 4.69) is 49.7 Å². The number of nitrogens with zero attached hydrogens (tertiary/aromatic N) is 2. The molecule has 3 aromatic rings. The zero-order valence-corrected chi connectivity index (χ0v) is 22.9. The lowest BCUT2D eigenvalue weighted by atomic mass is 9.70. The van der Waals surface area contributed by atoms with E-state index in [0.717, 1.165) is 46.8 Å².